The fraction of sp³-hybridized carbons (Fsp3) is 0.200. The molecule has 1 aromatic heterocycles. The van der Waals surface area contributed by atoms with E-state index in [0.29, 0.717) is 0 Å². The van der Waals surface area contributed by atoms with Crippen LogP contribution in [0, 0.1) is 0 Å². The van der Waals surface area contributed by atoms with Crippen LogP contribution in [0.2, 0.25) is 5.02 Å². The summed E-state index contributed by atoms with van der Waals surface area (Å²) in [5, 5.41) is 0.726. The van der Waals surface area contributed by atoms with E-state index in [1.807, 2.05) is 31.2 Å². The van der Waals surface area contributed by atoms with Crippen LogP contribution in [0.1, 0.15) is 24.1 Å². The van der Waals surface area contributed by atoms with Gasteiger partial charge < -0.3 is 5.73 Å². The molecule has 1 atom stereocenters. The van der Waals surface area contributed by atoms with Crippen molar-refractivity contribution in [1.29, 1.82) is 0 Å². The number of nitrogens with zero attached hydrogens (tertiary/aromatic N) is 2. The Morgan fingerprint density at radius 2 is 1.84 bits per heavy atom. The molecule has 0 unspecified atom stereocenters. The predicted molar refractivity (Wildman–Crippen MR) is 103 cm³/mol. The van der Waals surface area contributed by atoms with Crippen LogP contribution >= 0.6 is 11.6 Å². The first kappa shape index (κ1) is 17.2. The average Bonchev–Trinajstić information content (AvgIpc) is 2.60. The monoisotopic (exact) mass is 353 g/mol. The van der Waals surface area contributed by atoms with Gasteiger partial charge in [-0.3, -0.25) is 9.36 Å². The molecule has 2 N–H and O–H groups in total. The number of benzene rings is 2. The minimum atomic E-state index is -0.134. The second-order valence-electron chi connectivity index (χ2n) is 6.25. The minimum absolute atomic E-state index is 0.105. The van der Waals surface area contributed by atoms with Gasteiger partial charge >= 0.3 is 0 Å². The van der Waals surface area contributed by atoms with Crippen LogP contribution in [-0.4, -0.2) is 9.55 Å². The summed E-state index contributed by atoms with van der Waals surface area (Å²) >= 11 is 6.05. The lowest BCUT2D eigenvalue weighted by Crippen LogP contribution is -2.22. The van der Waals surface area contributed by atoms with E-state index in [2.05, 4.69) is 29.2 Å². The fourth-order valence-electron chi connectivity index (χ4n) is 2.79. The summed E-state index contributed by atoms with van der Waals surface area (Å²) in [7, 11) is 1.62. The van der Waals surface area contributed by atoms with Crippen LogP contribution in [0.5, 0.6) is 0 Å². The number of nitrogen functional groups attached to an aromatic ring is 1. The number of hydrogen-bond acceptors (Lipinski definition) is 3. The van der Waals surface area contributed by atoms with Crippen molar-refractivity contribution < 1.29 is 0 Å². The molecule has 5 heteroatoms. The van der Waals surface area contributed by atoms with Crippen molar-refractivity contribution in [3.8, 4) is 11.1 Å². The van der Waals surface area contributed by atoms with Crippen molar-refractivity contribution in [2.75, 3.05) is 5.73 Å². The highest BCUT2D eigenvalue weighted by molar-refractivity contribution is 6.30. The van der Waals surface area contributed by atoms with Crippen LogP contribution < -0.4 is 11.3 Å². The van der Waals surface area contributed by atoms with E-state index in [9.17, 15) is 4.79 Å². The van der Waals surface area contributed by atoms with Gasteiger partial charge in [-0.15, -0.1) is 0 Å². The fourth-order valence-corrected chi connectivity index (χ4v) is 2.98. The minimum Gasteiger partial charge on any atom is -0.369 e. The van der Waals surface area contributed by atoms with Gasteiger partial charge in [-0.1, -0.05) is 54.9 Å². The van der Waals surface area contributed by atoms with Crippen molar-refractivity contribution in [3.63, 3.8) is 0 Å². The number of aromatic nitrogens is 2. The first-order valence-corrected chi connectivity index (χ1v) is 8.50. The number of halogens is 1. The standard InChI is InChI=1S/C20H20ClN3O/c1-13(18-12-19(25)24(2)20(22)23-18)10-14-6-8-15(9-7-14)16-4-3-5-17(21)11-16/h3-9,11-13H,10H2,1-2H3,(H2,22,23)/t13-/m0/s1. The lowest BCUT2D eigenvalue weighted by atomic mass is 9.96. The average molecular weight is 354 g/mol. The van der Waals surface area contributed by atoms with Gasteiger partial charge in [-0.2, -0.15) is 0 Å². The van der Waals surface area contributed by atoms with Gasteiger partial charge in [-0.05, 0) is 35.2 Å². The molecule has 3 rings (SSSR count). The molecule has 0 saturated carbocycles. The molecule has 0 aliphatic rings. The molecule has 3 aromatic rings. The van der Waals surface area contributed by atoms with Gasteiger partial charge in [0.15, 0.2) is 0 Å². The van der Waals surface area contributed by atoms with Crippen LogP contribution in [0.3, 0.4) is 0 Å². The van der Waals surface area contributed by atoms with Crippen molar-refractivity contribution in [3.05, 3.63) is 81.2 Å². The van der Waals surface area contributed by atoms with Crippen molar-refractivity contribution >= 4 is 17.5 Å². The topological polar surface area (TPSA) is 60.9 Å². The van der Waals surface area contributed by atoms with Gasteiger partial charge in [-0.25, -0.2) is 4.98 Å². The zero-order valence-corrected chi connectivity index (χ0v) is 15.0. The molecule has 0 amide bonds. The molecule has 0 aliphatic carbocycles. The highest BCUT2D eigenvalue weighted by Gasteiger charge is 2.12. The summed E-state index contributed by atoms with van der Waals surface area (Å²) in [6, 6.07) is 17.7. The molecule has 2 aromatic carbocycles. The molecular weight excluding hydrogens is 334 g/mol. The molecule has 25 heavy (non-hydrogen) atoms. The zero-order valence-electron chi connectivity index (χ0n) is 14.2. The molecule has 0 saturated heterocycles. The highest BCUT2D eigenvalue weighted by atomic mass is 35.5. The Bertz CT molecular complexity index is 948. The van der Waals surface area contributed by atoms with Crippen LogP contribution in [0.25, 0.3) is 11.1 Å². The van der Waals surface area contributed by atoms with Crippen LogP contribution in [0.4, 0.5) is 5.95 Å². The van der Waals surface area contributed by atoms with Crippen molar-refractivity contribution in [2.45, 2.75) is 19.3 Å². The van der Waals surface area contributed by atoms with Crippen LogP contribution in [0.15, 0.2) is 59.4 Å². The smallest absolute Gasteiger partial charge is 0.254 e. The van der Waals surface area contributed by atoms with E-state index in [1.54, 1.807) is 13.1 Å². The largest absolute Gasteiger partial charge is 0.369 e. The van der Waals surface area contributed by atoms with E-state index in [4.69, 9.17) is 17.3 Å². The molecule has 0 aliphatic heterocycles. The van der Waals surface area contributed by atoms with E-state index >= 15 is 0 Å². The Morgan fingerprint density at radius 3 is 2.48 bits per heavy atom. The second kappa shape index (κ2) is 7.11. The Hall–Kier alpha value is -2.59. The third-order valence-electron chi connectivity index (χ3n) is 4.35. The summed E-state index contributed by atoms with van der Waals surface area (Å²) in [4.78, 5) is 16.2. The molecule has 0 radical (unpaired) electrons. The Balaban J connectivity index is 1.78. The summed E-state index contributed by atoms with van der Waals surface area (Å²) in [5.41, 5.74) is 9.77. The molecule has 128 valence electrons. The van der Waals surface area contributed by atoms with E-state index in [1.165, 1.54) is 10.1 Å². The van der Waals surface area contributed by atoms with Gasteiger partial charge in [0.2, 0.25) is 5.95 Å². The van der Waals surface area contributed by atoms with Gasteiger partial charge in [0.25, 0.3) is 5.56 Å². The molecule has 0 spiro atoms. The molecule has 0 bridgehead atoms. The molecular formula is C20H20ClN3O. The van der Waals surface area contributed by atoms with E-state index in [0.717, 1.165) is 28.3 Å². The maximum atomic E-state index is 11.9. The second-order valence-corrected chi connectivity index (χ2v) is 6.69. The summed E-state index contributed by atoms with van der Waals surface area (Å²) in [6.07, 6.45) is 0.787. The lowest BCUT2D eigenvalue weighted by Gasteiger charge is -2.13. The normalized spacial score (nSPS) is 12.1. The van der Waals surface area contributed by atoms with Crippen molar-refractivity contribution in [1.82, 2.24) is 9.55 Å². The lowest BCUT2D eigenvalue weighted by molar-refractivity contribution is 0.709. The Morgan fingerprint density at radius 1 is 1.12 bits per heavy atom. The summed E-state index contributed by atoms with van der Waals surface area (Å²) in [6.45, 7) is 2.05. The molecule has 0 fully saturated rings. The number of anilines is 1. The maximum absolute atomic E-state index is 11.9. The number of rotatable bonds is 4. The first-order chi connectivity index (χ1) is 11.9. The Kier molecular flexibility index (Phi) is 4.91. The quantitative estimate of drug-likeness (QED) is 0.770. The third kappa shape index (κ3) is 3.91. The maximum Gasteiger partial charge on any atom is 0.254 e. The SMILES string of the molecule is C[C@@H](Cc1ccc(-c2cccc(Cl)c2)cc1)c1cc(=O)n(C)c(N)n1. The third-order valence-corrected chi connectivity index (χ3v) is 4.58. The van der Waals surface area contributed by atoms with Crippen molar-refractivity contribution in [2.24, 2.45) is 7.05 Å². The zero-order chi connectivity index (χ0) is 18.0. The Labute approximate surface area is 151 Å². The van der Waals surface area contributed by atoms with Gasteiger partial charge in [0.05, 0.1) is 5.69 Å². The number of hydrogen-bond donors (Lipinski definition) is 1. The highest BCUT2D eigenvalue weighted by Crippen LogP contribution is 2.25. The van der Waals surface area contributed by atoms with E-state index in [-0.39, 0.29) is 17.4 Å². The predicted octanol–water partition coefficient (Wildman–Crippen LogP) is 4.03. The number of nitrogens with two attached hydrogens (primary N) is 1. The van der Waals surface area contributed by atoms with Gasteiger partial charge in [0.1, 0.15) is 0 Å². The molecule has 1 heterocycles. The summed E-state index contributed by atoms with van der Waals surface area (Å²) < 4.78 is 1.34. The summed E-state index contributed by atoms with van der Waals surface area (Å²) in [5.74, 6) is 0.346. The van der Waals surface area contributed by atoms with Gasteiger partial charge in [0, 0.05) is 24.1 Å². The van der Waals surface area contributed by atoms with Crippen LogP contribution in [-0.2, 0) is 13.5 Å². The van der Waals surface area contributed by atoms with E-state index < -0.39 is 0 Å². The first-order valence-electron chi connectivity index (χ1n) is 8.12. The molecule has 4 nitrogen and oxygen atoms in total.